The van der Waals surface area contributed by atoms with Crippen molar-refractivity contribution in [2.75, 3.05) is 0 Å². The molecule has 1 N–H and O–H groups in total. The van der Waals surface area contributed by atoms with Gasteiger partial charge in [0.05, 0.1) is 12.2 Å². The molecule has 2 aromatic carbocycles. The number of ether oxygens (including phenoxy) is 1. The summed E-state index contributed by atoms with van der Waals surface area (Å²) in [4.78, 5) is 0. The number of benzene rings is 2. The first-order chi connectivity index (χ1) is 13.2. The number of hydrogen-bond donors (Lipinski definition) is 1. The van der Waals surface area contributed by atoms with E-state index in [-0.39, 0.29) is 6.10 Å². The second-order valence-electron chi connectivity index (χ2n) is 8.11. The third-order valence-corrected chi connectivity index (χ3v) is 6.39. The minimum Gasteiger partial charge on any atom is -0.487 e. The Bertz CT molecular complexity index is 968. The van der Waals surface area contributed by atoms with Crippen LogP contribution in [0.4, 0.5) is 0 Å². The van der Waals surface area contributed by atoms with E-state index in [4.69, 9.17) is 4.74 Å². The summed E-state index contributed by atoms with van der Waals surface area (Å²) < 4.78 is 8.53. The molecule has 1 aliphatic heterocycles. The van der Waals surface area contributed by atoms with Crippen molar-refractivity contribution in [2.24, 2.45) is 0 Å². The zero-order chi connectivity index (χ0) is 18.4. The molecular formula is C24H27NO2. The van der Waals surface area contributed by atoms with Crippen molar-refractivity contribution in [2.45, 2.75) is 63.7 Å². The highest BCUT2D eigenvalue weighted by Crippen LogP contribution is 2.46. The lowest BCUT2D eigenvalue weighted by atomic mass is 9.81. The van der Waals surface area contributed by atoms with Gasteiger partial charge in [0.15, 0.2) is 0 Å². The monoisotopic (exact) mass is 361 g/mol. The van der Waals surface area contributed by atoms with Gasteiger partial charge in [0, 0.05) is 16.5 Å². The molecule has 1 fully saturated rings. The fraction of sp³-hybridized carbons (Fsp3) is 0.417. The predicted molar refractivity (Wildman–Crippen MR) is 109 cm³/mol. The van der Waals surface area contributed by atoms with Crippen LogP contribution in [0.3, 0.4) is 0 Å². The van der Waals surface area contributed by atoms with Crippen molar-refractivity contribution >= 4 is 10.9 Å². The highest BCUT2D eigenvalue weighted by Gasteiger charge is 2.31. The smallest absolute Gasteiger partial charge is 0.129 e. The van der Waals surface area contributed by atoms with Crippen LogP contribution in [0.5, 0.6) is 5.75 Å². The van der Waals surface area contributed by atoms with E-state index in [9.17, 15) is 5.11 Å². The van der Waals surface area contributed by atoms with Gasteiger partial charge < -0.3 is 14.4 Å². The minimum atomic E-state index is -0.535. The van der Waals surface area contributed by atoms with E-state index in [0.29, 0.717) is 12.5 Å². The second-order valence-corrected chi connectivity index (χ2v) is 8.11. The number of fused-ring (bicyclic) bond motifs is 5. The van der Waals surface area contributed by atoms with Gasteiger partial charge in [-0.1, -0.05) is 49.6 Å². The van der Waals surface area contributed by atoms with Gasteiger partial charge in [-0.25, -0.2) is 0 Å². The van der Waals surface area contributed by atoms with E-state index in [1.807, 2.05) is 19.1 Å². The van der Waals surface area contributed by atoms with Gasteiger partial charge in [-0.3, -0.25) is 0 Å². The number of rotatable bonds is 1. The number of hydrogen-bond acceptors (Lipinski definition) is 2. The van der Waals surface area contributed by atoms with E-state index >= 15 is 0 Å². The summed E-state index contributed by atoms with van der Waals surface area (Å²) >= 11 is 0. The number of para-hydroxylation sites is 2. The summed E-state index contributed by atoms with van der Waals surface area (Å²) in [6, 6.07) is 17.0. The molecule has 0 spiro atoms. The van der Waals surface area contributed by atoms with E-state index in [2.05, 4.69) is 41.0 Å². The second kappa shape index (κ2) is 6.72. The maximum Gasteiger partial charge on any atom is 0.129 e. The van der Waals surface area contributed by atoms with Crippen LogP contribution in [0.25, 0.3) is 22.2 Å². The van der Waals surface area contributed by atoms with Crippen molar-refractivity contribution in [3.8, 4) is 17.0 Å². The highest BCUT2D eigenvalue weighted by molar-refractivity contribution is 5.93. The molecule has 2 heterocycles. The SMILES string of the molecule is CC1Oc2ccccc2-c2c(C3CCCCC3)c3ccccc3n2C[C@@H]1O. The first-order valence-corrected chi connectivity index (χ1v) is 10.3. The first-order valence-electron chi connectivity index (χ1n) is 10.3. The van der Waals surface area contributed by atoms with Gasteiger partial charge in [-0.15, -0.1) is 0 Å². The summed E-state index contributed by atoms with van der Waals surface area (Å²) in [6.45, 7) is 2.53. The molecule has 0 radical (unpaired) electrons. The van der Waals surface area contributed by atoms with Crippen LogP contribution in [0.15, 0.2) is 48.5 Å². The summed E-state index contributed by atoms with van der Waals surface area (Å²) in [7, 11) is 0. The zero-order valence-electron chi connectivity index (χ0n) is 15.9. The lowest BCUT2D eigenvalue weighted by Crippen LogP contribution is -2.34. The Morgan fingerprint density at radius 3 is 2.56 bits per heavy atom. The van der Waals surface area contributed by atoms with Gasteiger partial charge in [0.1, 0.15) is 18.0 Å². The number of aliphatic hydroxyl groups is 1. The molecule has 1 aromatic heterocycles. The van der Waals surface area contributed by atoms with Crippen molar-refractivity contribution < 1.29 is 9.84 Å². The summed E-state index contributed by atoms with van der Waals surface area (Å²) in [5.41, 5.74) is 5.11. The minimum absolute atomic E-state index is 0.237. The molecule has 1 unspecified atom stereocenters. The molecule has 1 saturated carbocycles. The van der Waals surface area contributed by atoms with E-state index in [1.165, 1.54) is 54.3 Å². The predicted octanol–water partition coefficient (Wildman–Crippen LogP) is 5.50. The molecule has 5 rings (SSSR count). The molecule has 0 saturated heterocycles. The summed E-state index contributed by atoms with van der Waals surface area (Å²) in [6.07, 6.45) is 5.69. The lowest BCUT2D eigenvalue weighted by molar-refractivity contribution is 0.0353. The molecule has 27 heavy (non-hydrogen) atoms. The van der Waals surface area contributed by atoms with Crippen LogP contribution < -0.4 is 4.74 Å². The first kappa shape index (κ1) is 16.9. The van der Waals surface area contributed by atoms with Crippen LogP contribution in [0, 0.1) is 0 Å². The molecule has 1 aliphatic carbocycles. The fourth-order valence-electron chi connectivity index (χ4n) is 4.99. The lowest BCUT2D eigenvalue weighted by Gasteiger charge is -2.29. The molecule has 3 heteroatoms. The number of aromatic nitrogens is 1. The molecule has 0 amide bonds. The molecule has 2 aliphatic rings. The largest absolute Gasteiger partial charge is 0.487 e. The normalized spacial score (nSPS) is 23.2. The van der Waals surface area contributed by atoms with Crippen LogP contribution >= 0.6 is 0 Å². The third-order valence-electron chi connectivity index (χ3n) is 6.39. The molecule has 3 aromatic rings. The van der Waals surface area contributed by atoms with Gasteiger partial charge in [0.2, 0.25) is 0 Å². The van der Waals surface area contributed by atoms with Crippen molar-refractivity contribution in [1.82, 2.24) is 4.57 Å². The summed E-state index contributed by atoms with van der Waals surface area (Å²) in [5.74, 6) is 1.46. The zero-order valence-corrected chi connectivity index (χ0v) is 15.9. The van der Waals surface area contributed by atoms with Crippen molar-refractivity contribution in [1.29, 1.82) is 0 Å². The average Bonchev–Trinajstić information content (AvgIpc) is 3.02. The standard InChI is InChI=1S/C24H27NO2/c1-16-21(26)15-25-20-13-7-5-11-18(20)23(17-9-3-2-4-10-17)24(25)19-12-6-8-14-22(19)27-16/h5-8,11-14,16-17,21,26H,2-4,9-10,15H2,1H3/t16?,21-/m0/s1. The van der Waals surface area contributed by atoms with Crippen molar-refractivity contribution in [3.05, 3.63) is 54.1 Å². The molecule has 140 valence electrons. The number of aliphatic hydroxyl groups excluding tert-OH is 1. The van der Waals surface area contributed by atoms with Crippen LogP contribution in [-0.2, 0) is 6.54 Å². The van der Waals surface area contributed by atoms with Crippen molar-refractivity contribution in [3.63, 3.8) is 0 Å². The highest BCUT2D eigenvalue weighted by atomic mass is 16.5. The average molecular weight is 361 g/mol. The topological polar surface area (TPSA) is 34.4 Å². The van der Waals surface area contributed by atoms with E-state index in [1.54, 1.807) is 0 Å². The molecule has 0 bridgehead atoms. The molecular weight excluding hydrogens is 334 g/mol. The Morgan fingerprint density at radius 1 is 0.963 bits per heavy atom. The Morgan fingerprint density at radius 2 is 1.70 bits per heavy atom. The fourth-order valence-corrected chi connectivity index (χ4v) is 4.99. The van der Waals surface area contributed by atoms with E-state index < -0.39 is 6.10 Å². The maximum atomic E-state index is 10.8. The number of nitrogens with zero attached hydrogens (tertiary/aromatic N) is 1. The van der Waals surface area contributed by atoms with Gasteiger partial charge >= 0.3 is 0 Å². The van der Waals surface area contributed by atoms with Crippen LogP contribution in [-0.4, -0.2) is 21.9 Å². The molecule has 2 atom stereocenters. The third kappa shape index (κ3) is 2.76. The maximum absolute atomic E-state index is 10.8. The van der Waals surface area contributed by atoms with E-state index in [0.717, 1.165) is 11.3 Å². The van der Waals surface area contributed by atoms with Gasteiger partial charge in [-0.05, 0) is 49.4 Å². The Labute approximate surface area is 160 Å². The van der Waals surface area contributed by atoms with Crippen LogP contribution in [0.2, 0.25) is 0 Å². The van der Waals surface area contributed by atoms with Gasteiger partial charge in [-0.2, -0.15) is 0 Å². The van der Waals surface area contributed by atoms with Crippen LogP contribution in [0.1, 0.15) is 50.5 Å². The summed E-state index contributed by atoms with van der Waals surface area (Å²) in [5, 5.41) is 12.1. The Hall–Kier alpha value is -2.26. The quantitative estimate of drug-likeness (QED) is 0.621. The molecule has 3 nitrogen and oxygen atoms in total. The Balaban J connectivity index is 1.83. The Kier molecular flexibility index (Phi) is 4.20. The van der Waals surface area contributed by atoms with Gasteiger partial charge in [0.25, 0.3) is 0 Å².